The Labute approximate surface area is 156 Å². The van der Waals surface area contributed by atoms with Crippen LogP contribution in [0.2, 0.25) is 10.0 Å². The second-order valence-corrected chi connectivity index (χ2v) is 5.17. The Kier molecular flexibility index (Phi) is 14.0. The lowest BCUT2D eigenvalue weighted by molar-refractivity contribution is -0.119. The van der Waals surface area contributed by atoms with Crippen molar-refractivity contribution in [3.8, 4) is 0 Å². The van der Waals surface area contributed by atoms with Gasteiger partial charge >= 0.3 is 6.09 Å². The van der Waals surface area contributed by atoms with E-state index in [0.29, 0.717) is 22.2 Å². The van der Waals surface area contributed by atoms with Gasteiger partial charge in [-0.25, -0.2) is 4.79 Å². The van der Waals surface area contributed by atoms with E-state index >= 15 is 0 Å². The molecule has 0 atom stereocenters. The van der Waals surface area contributed by atoms with Gasteiger partial charge in [-0.3, -0.25) is 15.5 Å². The SMILES string of the molecule is CCCCOC(N)=O.Cl.N=C(N)NC(=O)Cc1c(Cl)cccc1Cl. The van der Waals surface area contributed by atoms with Gasteiger partial charge in [0.25, 0.3) is 0 Å². The zero-order valence-electron chi connectivity index (χ0n) is 13.1. The molecular weight excluding hydrogens is 379 g/mol. The largest absolute Gasteiger partial charge is 0.450 e. The van der Waals surface area contributed by atoms with Crippen molar-refractivity contribution in [3.63, 3.8) is 0 Å². The number of amides is 2. The van der Waals surface area contributed by atoms with E-state index in [9.17, 15) is 9.59 Å². The van der Waals surface area contributed by atoms with Crippen LogP contribution >= 0.6 is 35.6 Å². The predicted octanol–water partition coefficient (Wildman–Crippen LogP) is 2.85. The number of carbonyl (C=O) groups is 2. The predicted molar refractivity (Wildman–Crippen MR) is 97.9 cm³/mol. The van der Waals surface area contributed by atoms with Gasteiger partial charge in [-0.2, -0.15) is 0 Å². The number of benzene rings is 1. The molecule has 0 spiro atoms. The molecule has 0 aliphatic rings. The molecule has 0 radical (unpaired) electrons. The monoisotopic (exact) mass is 398 g/mol. The summed E-state index contributed by atoms with van der Waals surface area (Å²) in [5, 5.41) is 9.86. The number of primary amides is 1. The number of nitrogens with one attached hydrogen (secondary N) is 2. The molecule has 7 nitrogen and oxygen atoms in total. The van der Waals surface area contributed by atoms with Gasteiger partial charge in [0.2, 0.25) is 5.91 Å². The van der Waals surface area contributed by atoms with Crippen LogP contribution in [-0.2, 0) is 16.0 Å². The second kappa shape index (κ2) is 13.7. The molecule has 136 valence electrons. The lowest BCUT2D eigenvalue weighted by Crippen LogP contribution is -2.36. The van der Waals surface area contributed by atoms with Crippen LogP contribution in [0.5, 0.6) is 0 Å². The van der Waals surface area contributed by atoms with Crippen LogP contribution in [-0.4, -0.2) is 24.6 Å². The molecule has 24 heavy (non-hydrogen) atoms. The summed E-state index contributed by atoms with van der Waals surface area (Å²) in [5.74, 6) is -0.819. The molecule has 0 aliphatic carbocycles. The minimum Gasteiger partial charge on any atom is -0.450 e. The molecule has 6 N–H and O–H groups in total. The Balaban J connectivity index is 0. The highest BCUT2D eigenvalue weighted by Crippen LogP contribution is 2.24. The Bertz CT molecular complexity index is 536. The summed E-state index contributed by atoms with van der Waals surface area (Å²) in [5.41, 5.74) is 10.2. The van der Waals surface area contributed by atoms with E-state index in [1.807, 2.05) is 6.92 Å². The van der Waals surface area contributed by atoms with Gasteiger partial charge in [0.15, 0.2) is 5.96 Å². The molecule has 0 heterocycles. The standard InChI is InChI=1S/C9H9Cl2N3O.C5H11NO2.ClH/c10-6-2-1-3-7(11)5(6)4-8(15)14-9(12)13;1-2-3-4-8-5(6)7;/h1-3H,4H2,(H4,12,13,14,15);2-4H2,1H3,(H2,6,7);1H. The van der Waals surface area contributed by atoms with Crippen LogP contribution < -0.4 is 16.8 Å². The molecule has 10 heteroatoms. The Morgan fingerprint density at radius 1 is 1.25 bits per heavy atom. The van der Waals surface area contributed by atoms with Crippen LogP contribution in [0.1, 0.15) is 25.3 Å². The van der Waals surface area contributed by atoms with Crippen LogP contribution in [0, 0.1) is 5.41 Å². The van der Waals surface area contributed by atoms with Crippen LogP contribution in [0.4, 0.5) is 4.79 Å². The Morgan fingerprint density at radius 2 is 1.79 bits per heavy atom. The van der Waals surface area contributed by atoms with E-state index in [-0.39, 0.29) is 18.8 Å². The number of guanidine groups is 1. The fourth-order valence-corrected chi connectivity index (χ4v) is 1.90. The maximum Gasteiger partial charge on any atom is 0.404 e. The molecular formula is C14H21Cl3N4O3. The lowest BCUT2D eigenvalue weighted by atomic mass is 10.1. The number of unbranched alkanes of at least 4 members (excludes halogenated alkanes) is 1. The fourth-order valence-electron chi connectivity index (χ4n) is 1.37. The van der Waals surface area contributed by atoms with Gasteiger partial charge in [0.05, 0.1) is 13.0 Å². The average molecular weight is 400 g/mol. The second-order valence-electron chi connectivity index (χ2n) is 4.36. The van der Waals surface area contributed by atoms with Crippen molar-refractivity contribution in [1.29, 1.82) is 5.41 Å². The van der Waals surface area contributed by atoms with Gasteiger partial charge in [-0.15, -0.1) is 12.4 Å². The highest BCUT2D eigenvalue weighted by molar-refractivity contribution is 6.36. The van der Waals surface area contributed by atoms with E-state index in [2.05, 4.69) is 15.8 Å². The number of nitrogens with two attached hydrogens (primary N) is 2. The molecule has 1 rings (SSSR count). The minimum atomic E-state index is -0.682. The Morgan fingerprint density at radius 3 is 2.21 bits per heavy atom. The van der Waals surface area contributed by atoms with Gasteiger partial charge in [0, 0.05) is 10.0 Å². The summed E-state index contributed by atoms with van der Waals surface area (Å²) < 4.78 is 4.42. The number of carbonyl (C=O) groups excluding carboxylic acids is 2. The first-order valence-electron chi connectivity index (χ1n) is 6.76. The normalized spacial score (nSPS) is 8.96. The van der Waals surface area contributed by atoms with Crippen molar-refractivity contribution >= 4 is 53.6 Å². The fraction of sp³-hybridized carbons (Fsp3) is 0.357. The van der Waals surface area contributed by atoms with E-state index in [0.717, 1.165) is 12.8 Å². The van der Waals surface area contributed by atoms with Crippen LogP contribution in [0.3, 0.4) is 0 Å². The summed E-state index contributed by atoms with van der Waals surface area (Å²) in [6.07, 6.45) is 1.23. The quantitative estimate of drug-likeness (QED) is 0.344. The van der Waals surface area contributed by atoms with Crippen LogP contribution in [0.15, 0.2) is 18.2 Å². The van der Waals surface area contributed by atoms with E-state index in [1.165, 1.54) is 0 Å². The molecule has 1 aromatic rings. The molecule has 0 aromatic heterocycles. The topological polar surface area (TPSA) is 131 Å². The smallest absolute Gasteiger partial charge is 0.404 e. The zero-order valence-corrected chi connectivity index (χ0v) is 15.4. The molecule has 0 aliphatic heterocycles. The molecule has 0 saturated carbocycles. The first-order chi connectivity index (χ1) is 10.8. The first kappa shape index (κ1) is 24.6. The molecule has 0 saturated heterocycles. The summed E-state index contributed by atoms with van der Waals surface area (Å²) in [6.45, 7) is 2.47. The van der Waals surface area contributed by atoms with Crippen molar-refractivity contribution in [2.24, 2.45) is 11.5 Å². The lowest BCUT2D eigenvalue weighted by Gasteiger charge is -2.06. The number of ether oxygens (including phenoxy) is 1. The Hall–Kier alpha value is -1.70. The van der Waals surface area contributed by atoms with Crippen molar-refractivity contribution in [3.05, 3.63) is 33.8 Å². The van der Waals surface area contributed by atoms with Gasteiger partial charge < -0.3 is 16.2 Å². The third-order valence-corrected chi connectivity index (χ3v) is 3.12. The van der Waals surface area contributed by atoms with Gasteiger partial charge in [-0.1, -0.05) is 42.6 Å². The van der Waals surface area contributed by atoms with Gasteiger partial charge in [-0.05, 0) is 24.1 Å². The number of rotatable bonds is 5. The van der Waals surface area contributed by atoms with Crippen molar-refractivity contribution in [2.45, 2.75) is 26.2 Å². The molecule has 1 aromatic carbocycles. The molecule has 0 fully saturated rings. The van der Waals surface area contributed by atoms with E-state index < -0.39 is 18.0 Å². The average Bonchev–Trinajstić information content (AvgIpc) is 2.43. The molecule has 0 unspecified atom stereocenters. The van der Waals surface area contributed by atoms with Crippen molar-refractivity contribution in [2.75, 3.05) is 6.61 Å². The highest BCUT2D eigenvalue weighted by atomic mass is 35.5. The molecule has 0 bridgehead atoms. The highest BCUT2D eigenvalue weighted by Gasteiger charge is 2.10. The van der Waals surface area contributed by atoms with E-state index in [4.69, 9.17) is 34.3 Å². The minimum absolute atomic E-state index is 0. The zero-order chi connectivity index (χ0) is 17.8. The van der Waals surface area contributed by atoms with E-state index in [1.54, 1.807) is 18.2 Å². The molecule has 2 amide bonds. The summed E-state index contributed by atoms with van der Waals surface area (Å²) in [4.78, 5) is 21.2. The maximum atomic E-state index is 11.3. The maximum absolute atomic E-state index is 11.3. The first-order valence-corrected chi connectivity index (χ1v) is 7.52. The van der Waals surface area contributed by atoms with Crippen LogP contribution in [0.25, 0.3) is 0 Å². The number of halogens is 3. The van der Waals surface area contributed by atoms with Gasteiger partial charge in [0.1, 0.15) is 0 Å². The summed E-state index contributed by atoms with van der Waals surface area (Å²) in [7, 11) is 0. The summed E-state index contributed by atoms with van der Waals surface area (Å²) in [6, 6.07) is 4.98. The third kappa shape index (κ3) is 11.8. The summed E-state index contributed by atoms with van der Waals surface area (Å²) >= 11 is 11.7. The van der Waals surface area contributed by atoms with Crippen molar-refractivity contribution in [1.82, 2.24) is 5.32 Å². The number of hydrogen-bond donors (Lipinski definition) is 4. The third-order valence-electron chi connectivity index (χ3n) is 2.42. The number of hydrogen-bond acceptors (Lipinski definition) is 4. The van der Waals surface area contributed by atoms with Crippen molar-refractivity contribution < 1.29 is 14.3 Å².